The molecule has 0 aromatic heterocycles. The van der Waals surface area contributed by atoms with Crippen molar-refractivity contribution in [1.82, 2.24) is 0 Å². The number of hydrogen-bond acceptors (Lipinski definition) is 3. The number of nitrogens with one attached hydrogen (secondary N) is 1. The van der Waals surface area contributed by atoms with E-state index in [1.807, 2.05) is 48.5 Å². The molecular formula is C16H16INO2S. The fraction of sp³-hybridized carbons (Fsp3) is 0.188. The Hall–Kier alpha value is -1.21. The summed E-state index contributed by atoms with van der Waals surface area (Å²) in [5.74, 6) is 2.12. The Labute approximate surface area is 142 Å². The molecule has 0 aliphatic rings. The minimum Gasteiger partial charge on any atom is -0.497 e. The molecule has 0 bridgehead atoms. The van der Waals surface area contributed by atoms with Crippen LogP contribution in [-0.4, -0.2) is 18.8 Å². The first-order valence-corrected chi connectivity index (χ1v) is 8.67. The van der Waals surface area contributed by atoms with E-state index in [-0.39, 0.29) is 5.91 Å². The third-order valence-electron chi connectivity index (χ3n) is 2.79. The predicted octanol–water partition coefficient (Wildman–Crippen LogP) is 4.17. The van der Waals surface area contributed by atoms with E-state index in [2.05, 4.69) is 27.9 Å². The molecule has 0 fully saturated rings. The van der Waals surface area contributed by atoms with Gasteiger partial charge in [0.15, 0.2) is 0 Å². The number of hydrogen-bond donors (Lipinski definition) is 1. The molecule has 0 radical (unpaired) electrons. The summed E-state index contributed by atoms with van der Waals surface area (Å²) >= 11 is 3.83. The number of ether oxygens (including phenoxy) is 1. The van der Waals surface area contributed by atoms with Crippen LogP contribution >= 0.6 is 34.4 Å². The average molecular weight is 413 g/mol. The zero-order chi connectivity index (χ0) is 15.1. The second-order valence-corrected chi connectivity index (χ2v) is 6.63. The molecule has 0 saturated heterocycles. The maximum absolute atomic E-state index is 11.8. The normalized spacial score (nSPS) is 10.2. The van der Waals surface area contributed by atoms with Crippen LogP contribution in [0.15, 0.2) is 48.5 Å². The van der Waals surface area contributed by atoms with Gasteiger partial charge in [0.2, 0.25) is 5.91 Å². The van der Waals surface area contributed by atoms with E-state index >= 15 is 0 Å². The second kappa shape index (κ2) is 8.29. The summed E-state index contributed by atoms with van der Waals surface area (Å²) in [6.45, 7) is 0. The largest absolute Gasteiger partial charge is 0.497 e. The van der Waals surface area contributed by atoms with Crippen molar-refractivity contribution in [2.24, 2.45) is 0 Å². The van der Waals surface area contributed by atoms with Crippen LogP contribution in [0, 0.1) is 3.57 Å². The van der Waals surface area contributed by atoms with Gasteiger partial charge in [0, 0.05) is 15.0 Å². The lowest BCUT2D eigenvalue weighted by Crippen LogP contribution is -2.14. The topological polar surface area (TPSA) is 38.3 Å². The van der Waals surface area contributed by atoms with E-state index in [1.54, 1.807) is 18.9 Å². The lowest BCUT2D eigenvalue weighted by molar-refractivity contribution is -0.113. The first kappa shape index (κ1) is 16.2. The van der Waals surface area contributed by atoms with E-state index in [4.69, 9.17) is 4.74 Å². The maximum atomic E-state index is 11.8. The highest BCUT2D eigenvalue weighted by molar-refractivity contribution is 14.1. The molecule has 0 aliphatic heterocycles. The van der Waals surface area contributed by atoms with Crippen LogP contribution in [0.4, 0.5) is 5.69 Å². The smallest absolute Gasteiger partial charge is 0.234 e. The van der Waals surface area contributed by atoms with Gasteiger partial charge in [-0.2, -0.15) is 0 Å². The summed E-state index contributed by atoms with van der Waals surface area (Å²) in [5.41, 5.74) is 2.02. The molecule has 0 spiro atoms. The zero-order valence-corrected chi connectivity index (χ0v) is 14.6. The van der Waals surface area contributed by atoms with E-state index in [0.717, 1.165) is 20.8 Å². The molecule has 2 rings (SSSR count). The van der Waals surface area contributed by atoms with Crippen molar-refractivity contribution in [2.45, 2.75) is 5.75 Å². The Morgan fingerprint density at radius 1 is 1.14 bits per heavy atom. The Balaban J connectivity index is 1.74. The highest BCUT2D eigenvalue weighted by Crippen LogP contribution is 2.17. The van der Waals surface area contributed by atoms with Gasteiger partial charge in [-0.1, -0.05) is 12.1 Å². The van der Waals surface area contributed by atoms with Gasteiger partial charge in [-0.05, 0) is 64.6 Å². The Morgan fingerprint density at radius 3 is 2.43 bits per heavy atom. The van der Waals surface area contributed by atoms with Crippen LogP contribution in [0.3, 0.4) is 0 Å². The first-order valence-electron chi connectivity index (χ1n) is 6.43. The van der Waals surface area contributed by atoms with Gasteiger partial charge in [0.25, 0.3) is 0 Å². The minimum absolute atomic E-state index is 0.0229. The molecule has 1 N–H and O–H groups in total. The van der Waals surface area contributed by atoms with Gasteiger partial charge in [-0.25, -0.2) is 0 Å². The van der Waals surface area contributed by atoms with E-state index in [1.165, 1.54) is 5.56 Å². The maximum Gasteiger partial charge on any atom is 0.234 e. The van der Waals surface area contributed by atoms with Gasteiger partial charge in [0.05, 0.1) is 12.9 Å². The van der Waals surface area contributed by atoms with Crippen LogP contribution in [0.1, 0.15) is 5.56 Å². The number of amides is 1. The molecule has 2 aromatic rings. The number of rotatable bonds is 6. The molecule has 1 amide bonds. The standard InChI is InChI=1S/C16H16INO2S/c1-20-15-8-2-12(3-9-15)10-21-11-16(19)18-14-6-4-13(17)5-7-14/h2-9H,10-11H2,1H3,(H,18,19). The average Bonchev–Trinajstić information content (AvgIpc) is 2.50. The third-order valence-corrected chi connectivity index (χ3v) is 4.51. The van der Waals surface area contributed by atoms with Crippen molar-refractivity contribution in [2.75, 3.05) is 18.2 Å². The van der Waals surface area contributed by atoms with Gasteiger partial charge >= 0.3 is 0 Å². The molecular weight excluding hydrogens is 397 g/mol. The third kappa shape index (κ3) is 5.59. The summed E-state index contributed by atoms with van der Waals surface area (Å²) in [6.07, 6.45) is 0. The number of carbonyl (C=O) groups excluding carboxylic acids is 1. The van der Waals surface area contributed by atoms with Crippen molar-refractivity contribution in [1.29, 1.82) is 0 Å². The molecule has 2 aromatic carbocycles. The molecule has 21 heavy (non-hydrogen) atoms. The summed E-state index contributed by atoms with van der Waals surface area (Å²) in [4.78, 5) is 11.8. The summed E-state index contributed by atoms with van der Waals surface area (Å²) in [6, 6.07) is 15.7. The van der Waals surface area contributed by atoms with E-state index < -0.39 is 0 Å². The molecule has 110 valence electrons. The second-order valence-electron chi connectivity index (χ2n) is 4.40. The van der Waals surface area contributed by atoms with Gasteiger partial charge in [-0.15, -0.1) is 11.8 Å². The lowest BCUT2D eigenvalue weighted by Gasteiger charge is -2.06. The molecule has 5 heteroatoms. The van der Waals surface area contributed by atoms with Gasteiger partial charge < -0.3 is 10.1 Å². The summed E-state index contributed by atoms with van der Waals surface area (Å²) in [5, 5.41) is 2.89. The van der Waals surface area contributed by atoms with Crippen molar-refractivity contribution in [3.63, 3.8) is 0 Å². The number of thioether (sulfide) groups is 1. The fourth-order valence-electron chi connectivity index (χ4n) is 1.71. The monoisotopic (exact) mass is 413 g/mol. The number of methoxy groups -OCH3 is 1. The molecule has 0 heterocycles. The number of anilines is 1. The van der Waals surface area contributed by atoms with Crippen LogP contribution < -0.4 is 10.1 Å². The first-order chi connectivity index (χ1) is 10.2. The van der Waals surface area contributed by atoms with Gasteiger partial charge in [-0.3, -0.25) is 4.79 Å². The molecule has 3 nitrogen and oxygen atoms in total. The number of carbonyl (C=O) groups is 1. The van der Waals surface area contributed by atoms with Crippen LogP contribution in [0.5, 0.6) is 5.75 Å². The molecule has 0 saturated carbocycles. The zero-order valence-electron chi connectivity index (χ0n) is 11.6. The Kier molecular flexibility index (Phi) is 6.38. The van der Waals surface area contributed by atoms with Crippen LogP contribution in [0.2, 0.25) is 0 Å². The quantitative estimate of drug-likeness (QED) is 0.723. The van der Waals surface area contributed by atoms with E-state index in [0.29, 0.717) is 5.75 Å². The Morgan fingerprint density at radius 2 is 1.81 bits per heavy atom. The molecule has 0 unspecified atom stereocenters. The summed E-state index contributed by atoms with van der Waals surface area (Å²) in [7, 11) is 1.65. The van der Waals surface area contributed by atoms with Crippen molar-refractivity contribution in [3.05, 3.63) is 57.7 Å². The van der Waals surface area contributed by atoms with Crippen LogP contribution in [0.25, 0.3) is 0 Å². The van der Waals surface area contributed by atoms with Crippen molar-refractivity contribution in [3.8, 4) is 5.75 Å². The predicted molar refractivity (Wildman–Crippen MR) is 96.9 cm³/mol. The van der Waals surface area contributed by atoms with Crippen molar-refractivity contribution >= 4 is 45.9 Å². The Bertz CT molecular complexity index is 584. The lowest BCUT2D eigenvalue weighted by atomic mass is 10.2. The van der Waals surface area contributed by atoms with Crippen molar-refractivity contribution < 1.29 is 9.53 Å². The van der Waals surface area contributed by atoms with Crippen LogP contribution in [-0.2, 0) is 10.5 Å². The summed E-state index contributed by atoms with van der Waals surface area (Å²) < 4.78 is 6.27. The fourth-order valence-corrected chi connectivity index (χ4v) is 2.86. The van der Waals surface area contributed by atoms with Gasteiger partial charge in [0.1, 0.15) is 5.75 Å². The number of halogens is 1. The molecule has 0 aliphatic carbocycles. The minimum atomic E-state index is 0.0229. The number of benzene rings is 2. The van der Waals surface area contributed by atoms with E-state index in [9.17, 15) is 4.79 Å². The molecule has 0 atom stereocenters. The highest BCUT2D eigenvalue weighted by atomic mass is 127. The SMILES string of the molecule is COc1ccc(CSCC(=O)Nc2ccc(I)cc2)cc1. The highest BCUT2D eigenvalue weighted by Gasteiger charge is 2.03.